The third-order valence-corrected chi connectivity index (χ3v) is 2.25. The molecule has 0 amide bonds. The van der Waals surface area contributed by atoms with Crippen LogP contribution in [0.25, 0.3) is 6.08 Å². The highest BCUT2D eigenvalue weighted by molar-refractivity contribution is 5.65. The smallest absolute Gasteiger partial charge is 0.130 e. The molecule has 18 heavy (non-hydrogen) atoms. The van der Waals surface area contributed by atoms with Crippen molar-refractivity contribution in [2.24, 2.45) is 0 Å². The Morgan fingerprint density at radius 1 is 1.17 bits per heavy atom. The predicted molar refractivity (Wildman–Crippen MR) is 76.1 cm³/mol. The zero-order valence-corrected chi connectivity index (χ0v) is 11.7. The summed E-state index contributed by atoms with van der Waals surface area (Å²) >= 11 is 0. The molecule has 0 bridgehead atoms. The number of nitriles is 2. The highest BCUT2D eigenvalue weighted by Crippen LogP contribution is 2.20. The minimum Gasteiger partial charge on any atom is -0.377 e. The van der Waals surface area contributed by atoms with E-state index in [0.29, 0.717) is 0 Å². The lowest BCUT2D eigenvalue weighted by atomic mass is 10.1. The van der Waals surface area contributed by atoms with Crippen LogP contribution < -0.4 is 4.90 Å². The second kappa shape index (κ2) is 7.92. The third kappa shape index (κ3) is 4.31. The second-order valence-corrected chi connectivity index (χ2v) is 3.72. The number of hydrogen-bond donors (Lipinski definition) is 0. The molecular weight excluding hydrogens is 222 g/mol. The van der Waals surface area contributed by atoms with E-state index in [9.17, 15) is 0 Å². The Balaban J connectivity index is 0.00000137. The first-order valence-electron chi connectivity index (χ1n) is 5.88. The minimum absolute atomic E-state index is 0.122. The molecule has 0 aromatic heterocycles. The molecule has 0 aliphatic carbocycles. The molecule has 1 aromatic rings. The van der Waals surface area contributed by atoms with Crippen molar-refractivity contribution in [1.82, 2.24) is 0 Å². The third-order valence-electron chi connectivity index (χ3n) is 2.25. The zero-order chi connectivity index (χ0) is 14.1. The normalized spacial score (nSPS) is 8.17. The Hall–Kier alpha value is -2.26. The molecule has 1 rings (SSSR count). The van der Waals surface area contributed by atoms with Crippen molar-refractivity contribution < 1.29 is 0 Å². The molecule has 0 saturated heterocycles. The van der Waals surface area contributed by atoms with Gasteiger partial charge in [0, 0.05) is 19.8 Å². The summed E-state index contributed by atoms with van der Waals surface area (Å²) in [4.78, 5) is 2.03. The van der Waals surface area contributed by atoms with Gasteiger partial charge in [-0.2, -0.15) is 10.5 Å². The number of aryl methyl sites for hydroxylation is 1. The lowest BCUT2D eigenvalue weighted by Gasteiger charge is -2.15. The summed E-state index contributed by atoms with van der Waals surface area (Å²) < 4.78 is 0. The van der Waals surface area contributed by atoms with Crippen LogP contribution in [0.3, 0.4) is 0 Å². The van der Waals surface area contributed by atoms with Crippen LogP contribution in [0.15, 0.2) is 23.8 Å². The molecule has 0 unspecified atom stereocenters. The van der Waals surface area contributed by atoms with E-state index < -0.39 is 0 Å². The summed E-state index contributed by atoms with van der Waals surface area (Å²) in [7, 11) is 3.96. The fourth-order valence-electron chi connectivity index (χ4n) is 1.53. The van der Waals surface area contributed by atoms with Crippen molar-refractivity contribution in [3.63, 3.8) is 0 Å². The van der Waals surface area contributed by atoms with E-state index in [-0.39, 0.29) is 5.57 Å². The quantitative estimate of drug-likeness (QED) is 0.744. The molecule has 0 aliphatic heterocycles. The summed E-state index contributed by atoms with van der Waals surface area (Å²) in [6.07, 6.45) is 1.59. The molecule has 0 N–H and O–H groups in total. The Bertz CT molecular complexity index is 483. The average Bonchev–Trinajstić information content (AvgIpc) is 2.38. The number of anilines is 1. The summed E-state index contributed by atoms with van der Waals surface area (Å²) in [5.41, 5.74) is 3.25. The molecule has 3 nitrogen and oxygen atoms in total. The van der Waals surface area contributed by atoms with Gasteiger partial charge in [0.15, 0.2) is 0 Å². The lowest BCUT2D eigenvalue weighted by molar-refractivity contribution is 1.11. The van der Waals surface area contributed by atoms with Crippen LogP contribution in [0.1, 0.15) is 25.0 Å². The topological polar surface area (TPSA) is 50.8 Å². The second-order valence-electron chi connectivity index (χ2n) is 3.72. The average molecular weight is 241 g/mol. The van der Waals surface area contributed by atoms with Crippen LogP contribution in [0.5, 0.6) is 0 Å². The van der Waals surface area contributed by atoms with Gasteiger partial charge in [0.05, 0.1) is 0 Å². The van der Waals surface area contributed by atoms with E-state index in [1.165, 1.54) is 0 Å². The SMILES string of the molecule is CC.Cc1cc(C=C(C#N)C#N)ccc1N(C)C. The van der Waals surface area contributed by atoms with Gasteiger partial charge in [-0.25, -0.2) is 0 Å². The van der Waals surface area contributed by atoms with Gasteiger partial charge in [0.25, 0.3) is 0 Å². The van der Waals surface area contributed by atoms with Crippen LogP contribution >= 0.6 is 0 Å². The standard InChI is InChI=1S/C13H13N3.C2H6/c1-10-6-11(7-12(8-14)9-15)4-5-13(10)16(2)3;1-2/h4-7H,1-3H3;1-2H3. The van der Waals surface area contributed by atoms with Gasteiger partial charge < -0.3 is 4.90 Å². The van der Waals surface area contributed by atoms with Crippen molar-refractivity contribution in [3.8, 4) is 12.1 Å². The van der Waals surface area contributed by atoms with Gasteiger partial charge in [-0.1, -0.05) is 19.9 Å². The molecule has 94 valence electrons. The lowest BCUT2D eigenvalue weighted by Crippen LogP contribution is -2.09. The van der Waals surface area contributed by atoms with Gasteiger partial charge in [0.2, 0.25) is 0 Å². The predicted octanol–water partition coefficient (Wildman–Crippen LogP) is 3.52. The van der Waals surface area contributed by atoms with Crippen LogP contribution in [0.2, 0.25) is 0 Å². The maximum absolute atomic E-state index is 8.65. The summed E-state index contributed by atoms with van der Waals surface area (Å²) in [5, 5.41) is 17.3. The fraction of sp³-hybridized carbons (Fsp3) is 0.333. The largest absolute Gasteiger partial charge is 0.377 e. The van der Waals surface area contributed by atoms with Crippen molar-refractivity contribution in [3.05, 3.63) is 34.9 Å². The fourth-order valence-corrected chi connectivity index (χ4v) is 1.53. The summed E-state index contributed by atoms with van der Waals surface area (Å²) in [6, 6.07) is 9.54. The maximum Gasteiger partial charge on any atom is 0.130 e. The molecule has 0 radical (unpaired) electrons. The van der Waals surface area contributed by atoms with Crippen LogP contribution in [0.4, 0.5) is 5.69 Å². The number of hydrogen-bond acceptors (Lipinski definition) is 3. The highest BCUT2D eigenvalue weighted by Gasteiger charge is 2.01. The van der Waals surface area contributed by atoms with Crippen molar-refractivity contribution in [2.45, 2.75) is 20.8 Å². The molecule has 0 atom stereocenters. The van der Waals surface area contributed by atoms with Crippen molar-refractivity contribution in [2.75, 3.05) is 19.0 Å². The number of rotatable bonds is 2. The van der Waals surface area contributed by atoms with Gasteiger partial charge >= 0.3 is 0 Å². The van der Waals surface area contributed by atoms with Crippen LogP contribution in [0, 0.1) is 29.6 Å². The molecule has 0 aliphatic rings. The van der Waals surface area contributed by atoms with Crippen LogP contribution in [-0.4, -0.2) is 14.1 Å². The maximum atomic E-state index is 8.65. The Kier molecular flexibility index (Phi) is 6.93. The van der Waals surface area contributed by atoms with E-state index in [1.807, 2.05) is 70.1 Å². The van der Waals surface area contributed by atoms with E-state index in [2.05, 4.69) is 0 Å². The molecular formula is C15H19N3. The van der Waals surface area contributed by atoms with Gasteiger partial charge in [0.1, 0.15) is 17.7 Å². The molecule has 0 fully saturated rings. The highest BCUT2D eigenvalue weighted by atomic mass is 15.1. The van der Waals surface area contributed by atoms with Crippen molar-refractivity contribution in [1.29, 1.82) is 10.5 Å². The van der Waals surface area contributed by atoms with Gasteiger partial charge in [-0.3, -0.25) is 0 Å². The molecule has 0 heterocycles. The number of nitrogens with zero attached hydrogens (tertiary/aromatic N) is 3. The number of benzene rings is 1. The molecule has 3 heteroatoms. The Morgan fingerprint density at radius 2 is 1.72 bits per heavy atom. The first-order chi connectivity index (χ1) is 8.58. The monoisotopic (exact) mass is 241 g/mol. The molecule has 0 spiro atoms. The van der Waals surface area contributed by atoms with Gasteiger partial charge in [-0.05, 0) is 36.3 Å². The zero-order valence-electron chi connectivity index (χ0n) is 11.7. The number of allylic oxidation sites excluding steroid dienone is 1. The first-order valence-corrected chi connectivity index (χ1v) is 5.88. The van der Waals surface area contributed by atoms with E-state index in [4.69, 9.17) is 10.5 Å². The van der Waals surface area contributed by atoms with Crippen LogP contribution in [-0.2, 0) is 0 Å². The van der Waals surface area contributed by atoms with E-state index >= 15 is 0 Å². The Morgan fingerprint density at radius 3 is 2.11 bits per heavy atom. The summed E-state index contributed by atoms with van der Waals surface area (Å²) in [5.74, 6) is 0. The Labute approximate surface area is 110 Å². The molecule has 1 aromatic carbocycles. The van der Waals surface area contributed by atoms with E-state index in [1.54, 1.807) is 6.08 Å². The minimum atomic E-state index is 0.122. The van der Waals surface area contributed by atoms with E-state index in [0.717, 1.165) is 16.8 Å². The summed E-state index contributed by atoms with van der Waals surface area (Å²) in [6.45, 7) is 6.01. The van der Waals surface area contributed by atoms with Crippen molar-refractivity contribution >= 4 is 11.8 Å². The first kappa shape index (κ1) is 15.7. The molecule has 0 saturated carbocycles. The van der Waals surface area contributed by atoms with Gasteiger partial charge in [-0.15, -0.1) is 0 Å².